The summed E-state index contributed by atoms with van der Waals surface area (Å²) in [6.45, 7) is 2.77. The largest absolute Gasteiger partial charge is 0.326 e. The number of aryl methyl sites for hydroxylation is 1. The zero-order chi connectivity index (χ0) is 24.0. The van der Waals surface area contributed by atoms with Gasteiger partial charge in [0.1, 0.15) is 0 Å². The van der Waals surface area contributed by atoms with E-state index in [1.807, 2.05) is 13.0 Å². The zero-order valence-corrected chi connectivity index (χ0v) is 19.8. The van der Waals surface area contributed by atoms with Crippen molar-refractivity contribution in [1.82, 2.24) is 4.31 Å². The Morgan fingerprint density at radius 3 is 2.24 bits per heavy atom. The fourth-order valence-electron chi connectivity index (χ4n) is 3.19. The Morgan fingerprint density at radius 1 is 0.909 bits per heavy atom. The predicted octanol–water partition coefficient (Wildman–Crippen LogP) is 4.44. The highest BCUT2D eigenvalue weighted by atomic mass is 35.5. The van der Waals surface area contributed by atoms with Gasteiger partial charge >= 0.3 is 0 Å². The SMILES string of the molecule is CC(=O)Nc1ccc(S(=O)(=O)N(CC(=O)Nc2cccc(C)c2)Cc2ccccc2Cl)cc1. The van der Waals surface area contributed by atoms with Crippen LogP contribution in [0.3, 0.4) is 0 Å². The smallest absolute Gasteiger partial charge is 0.243 e. The molecule has 7 nitrogen and oxygen atoms in total. The number of nitrogens with one attached hydrogen (secondary N) is 2. The molecule has 0 saturated heterocycles. The van der Waals surface area contributed by atoms with Crippen LogP contribution in [-0.2, 0) is 26.2 Å². The van der Waals surface area contributed by atoms with E-state index in [0.717, 1.165) is 9.87 Å². The van der Waals surface area contributed by atoms with Crippen LogP contribution in [0.2, 0.25) is 5.02 Å². The van der Waals surface area contributed by atoms with Crippen molar-refractivity contribution in [3.8, 4) is 0 Å². The van der Waals surface area contributed by atoms with Gasteiger partial charge in [-0.15, -0.1) is 0 Å². The Kier molecular flexibility index (Phi) is 7.86. The molecule has 9 heteroatoms. The summed E-state index contributed by atoms with van der Waals surface area (Å²) in [5, 5.41) is 5.74. The van der Waals surface area contributed by atoms with E-state index < -0.39 is 22.5 Å². The molecule has 0 heterocycles. The van der Waals surface area contributed by atoms with Crippen LogP contribution in [0, 0.1) is 6.92 Å². The minimum absolute atomic E-state index is 0.00740. The highest BCUT2D eigenvalue weighted by molar-refractivity contribution is 7.89. The van der Waals surface area contributed by atoms with Crippen molar-refractivity contribution >= 4 is 44.8 Å². The molecule has 0 aliphatic heterocycles. The molecule has 0 saturated carbocycles. The van der Waals surface area contributed by atoms with Gasteiger partial charge in [0.25, 0.3) is 0 Å². The van der Waals surface area contributed by atoms with Crippen molar-refractivity contribution in [2.75, 3.05) is 17.2 Å². The molecule has 172 valence electrons. The quantitative estimate of drug-likeness (QED) is 0.493. The Bertz CT molecular complexity index is 1260. The molecular formula is C24H24ClN3O4S. The standard InChI is InChI=1S/C24H24ClN3O4S/c1-17-6-5-8-21(14-17)27-24(30)16-28(15-19-7-3-4-9-23(19)25)33(31,32)22-12-10-20(11-13-22)26-18(2)29/h3-14H,15-16H2,1-2H3,(H,26,29)(H,27,30). The van der Waals surface area contributed by atoms with E-state index in [-0.39, 0.29) is 17.3 Å². The molecule has 0 bridgehead atoms. The molecule has 3 aromatic carbocycles. The number of carbonyl (C=O) groups is 2. The van der Waals surface area contributed by atoms with Gasteiger partial charge in [-0.1, -0.05) is 41.9 Å². The lowest BCUT2D eigenvalue weighted by atomic mass is 10.2. The van der Waals surface area contributed by atoms with E-state index >= 15 is 0 Å². The van der Waals surface area contributed by atoms with Crippen molar-refractivity contribution < 1.29 is 18.0 Å². The van der Waals surface area contributed by atoms with Gasteiger partial charge in [0, 0.05) is 29.9 Å². The number of benzene rings is 3. The molecule has 0 fully saturated rings. The van der Waals surface area contributed by atoms with E-state index in [9.17, 15) is 18.0 Å². The first-order valence-electron chi connectivity index (χ1n) is 10.1. The average molecular weight is 486 g/mol. The number of amides is 2. The van der Waals surface area contributed by atoms with Crippen molar-refractivity contribution in [2.45, 2.75) is 25.3 Å². The van der Waals surface area contributed by atoms with Crippen LogP contribution in [0.25, 0.3) is 0 Å². The Balaban J connectivity index is 1.89. The van der Waals surface area contributed by atoms with Crippen LogP contribution in [-0.4, -0.2) is 31.1 Å². The fraction of sp³-hybridized carbons (Fsp3) is 0.167. The van der Waals surface area contributed by atoms with Crippen LogP contribution in [0.15, 0.2) is 77.7 Å². The summed E-state index contributed by atoms with van der Waals surface area (Å²) in [7, 11) is -4.06. The lowest BCUT2D eigenvalue weighted by Crippen LogP contribution is -2.37. The maximum absolute atomic E-state index is 13.4. The molecular weight excluding hydrogens is 462 g/mol. The van der Waals surface area contributed by atoms with E-state index in [4.69, 9.17) is 11.6 Å². The van der Waals surface area contributed by atoms with Gasteiger partial charge in [0.2, 0.25) is 21.8 Å². The van der Waals surface area contributed by atoms with Gasteiger partial charge in [0.05, 0.1) is 11.4 Å². The molecule has 0 aliphatic carbocycles. The maximum Gasteiger partial charge on any atom is 0.243 e. The number of halogens is 1. The van der Waals surface area contributed by atoms with Gasteiger partial charge in [-0.3, -0.25) is 9.59 Å². The molecule has 2 N–H and O–H groups in total. The number of sulfonamides is 1. The van der Waals surface area contributed by atoms with Gasteiger partial charge < -0.3 is 10.6 Å². The topological polar surface area (TPSA) is 95.6 Å². The molecule has 0 spiro atoms. The van der Waals surface area contributed by atoms with E-state index in [1.165, 1.54) is 31.2 Å². The molecule has 2 amide bonds. The van der Waals surface area contributed by atoms with E-state index in [0.29, 0.717) is 22.0 Å². The lowest BCUT2D eigenvalue weighted by molar-refractivity contribution is -0.116. The summed E-state index contributed by atoms with van der Waals surface area (Å²) in [4.78, 5) is 24.0. The summed E-state index contributed by atoms with van der Waals surface area (Å²) in [5.74, 6) is -0.745. The third kappa shape index (κ3) is 6.64. The summed E-state index contributed by atoms with van der Waals surface area (Å²) < 4.78 is 28.0. The van der Waals surface area contributed by atoms with Crippen molar-refractivity contribution in [3.05, 3.63) is 88.9 Å². The molecule has 33 heavy (non-hydrogen) atoms. The second kappa shape index (κ2) is 10.6. The maximum atomic E-state index is 13.4. The highest BCUT2D eigenvalue weighted by Gasteiger charge is 2.27. The number of carbonyl (C=O) groups excluding carboxylic acids is 2. The van der Waals surface area contributed by atoms with Crippen LogP contribution >= 0.6 is 11.6 Å². The zero-order valence-electron chi connectivity index (χ0n) is 18.2. The van der Waals surface area contributed by atoms with Crippen LogP contribution in [0.5, 0.6) is 0 Å². The molecule has 3 aromatic rings. The van der Waals surface area contributed by atoms with E-state index in [2.05, 4.69) is 10.6 Å². The highest BCUT2D eigenvalue weighted by Crippen LogP contribution is 2.24. The summed E-state index contributed by atoms with van der Waals surface area (Å²) in [5.41, 5.74) is 2.58. The molecule has 3 rings (SSSR count). The second-order valence-corrected chi connectivity index (χ2v) is 9.83. The summed E-state index contributed by atoms with van der Waals surface area (Å²) in [6.07, 6.45) is 0. The minimum Gasteiger partial charge on any atom is -0.326 e. The Hall–Kier alpha value is -3.20. The van der Waals surface area contributed by atoms with Gasteiger partial charge in [0.15, 0.2) is 0 Å². The summed E-state index contributed by atoms with van der Waals surface area (Å²) in [6, 6.07) is 19.9. The number of nitrogens with zero attached hydrogens (tertiary/aromatic N) is 1. The second-order valence-electron chi connectivity index (χ2n) is 7.49. The summed E-state index contributed by atoms with van der Waals surface area (Å²) >= 11 is 6.26. The number of hydrogen-bond acceptors (Lipinski definition) is 4. The van der Waals surface area contributed by atoms with Crippen LogP contribution in [0.1, 0.15) is 18.1 Å². The average Bonchev–Trinajstić information content (AvgIpc) is 2.74. The first kappa shape index (κ1) is 24.4. The molecule has 0 atom stereocenters. The number of hydrogen-bond donors (Lipinski definition) is 2. The lowest BCUT2D eigenvalue weighted by Gasteiger charge is -2.22. The number of rotatable bonds is 8. The van der Waals surface area contributed by atoms with Gasteiger partial charge in [-0.25, -0.2) is 8.42 Å². The fourth-order valence-corrected chi connectivity index (χ4v) is 4.76. The Morgan fingerprint density at radius 2 is 1.61 bits per heavy atom. The molecule has 0 aliphatic rings. The van der Waals surface area contributed by atoms with Gasteiger partial charge in [-0.2, -0.15) is 4.31 Å². The third-order valence-corrected chi connectivity index (χ3v) is 6.91. The van der Waals surface area contributed by atoms with Crippen molar-refractivity contribution in [1.29, 1.82) is 0 Å². The normalized spacial score (nSPS) is 11.3. The minimum atomic E-state index is -4.06. The first-order chi connectivity index (χ1) is 15.6. The van der Waals surface area contributed by atoms with Crippen molar-refractivity contribution in [2.24, 2.45) is 0 Å². The van der Waals surface area contributed by atoms with Crippen LogP contribution in [0.4, 0.5) is 11.4 Å². The number of anilines is 2. The predicted molar refractivity (Wildman–Crippen MR) is 130 cm³/mol. The molecule has 0 radical (unpaired) electrons. The Labute approximate surface area is 198 Å². The third-order valence-electron chi connectivity index (χ3n) is 4.74. The first-order valence-corrected chi connectivity index (χ1v) is 11.9. The monoisotopic (exact) mass is 485 g/mol. The molecule has 0 aromatic heterocycles. The molecule has 0 unspecified atom stereocenters. The van der Waals surface area contributed by atoms with E-state index in [1.54, 1.807) is 42.5 Å². The van der Waals surface area contributed by atoms with Gasteiger partial charge in [-0.05, 0) is 60.5 Å². The van der Waals surface area contributed by atoms with Crippen LogP contribution < -0.4 is 10.6 Å². The van der Waals surface area contributed by atoms with Crippen molar-refractivity contribution in [3.63, 3.8) is 0 Å².